The van der Waals surface area contributed by atoms with E-state index in [4.69, 9.17) is 0 Å². The van der Waals surface area contributed by atoms with E-state index in [-0.39, 0.29) is 0 Å². The Labute approximate surface area is 224 Å². The fraction of sp³-hybridized carbons (Fsp3) is 0.735. The molecule has 0 bridgehead atoms. The Morgan fingerprint density at radius 3 is 1.64 bits per heavy atom. The first-order chi connectivity index (χ1) is 17.7. The molecule has 1 aromatic heterocycles. The largest absolute Gasteiger partial charge is 0.258 e. The molecule has 0 unspecified atom stereocenters. The van der Waals surface area contributed by atoms with Crippen LogP contribution in [0, 0.1) is 0 Å². The highest BCUT2D eigenvalue weighted by Crippen LogP contribution is 2.16. The van der Waals surface area contributed by atoms with Gasteiger partial charge < -0.3 is 0 Å². The van der Waals surface area contributed by atoms with Gasteiger partial charge in [0.2, 0.25) is 0 Å². The molecule has 36 heavy (non-hydrogen) atoms. The van der Waals surface area contributed by atoms with Crippen LogP contribution in [-0.2, 0) is 19.5 Å². The molecular weight excluding hydrogens is 436 g/mol. The Morgan fingerprint density at radius 2 is 1.14 bits per heavy atom. The number of unbranched alkanes of at least 4 members (excludes halogenated alkanes) is 16. The smallest absolute Gasteiger partial charge is 0.234 e. The molecule has 0 saturated heterocycles. The van der Waals surface area contributed by atoms with Gasteiger partial charge in [-0.1, -0.05) is 147 Å². The van der Waals surface area contributed by atoms with Gasteiger partial charge in [-0.2, -0.15) is 0 Å². The molecule has 0 saturated carbocycles. The molecule has 0 spiro atoms. The summed E-state index contributed by atoms with van der Waals surface area (Å²) in [5, 5.41) is 0. The highest BCUT2D eigenvalue weighted by Gasteiger charge is 2.20. The zero-order chi connectivity index (χ0) is 25.7. The van der Waals surface area contributed by atoms with E-state index in [1.54, 1.807) is 0 Å². The summed E-state index contributed by atoms with van der Waals surface area (Å²) in [5.41, 5.74) is 1.45. The van der Waals surface area contributed by atoms with E-state index < -0.39 is 0 Å². The van der Waals surface area contributed by atoms with Crippen molar-refractivity contribution < 1.29 is 4.57 Å². The van der Waals surface area contributed by atoms with Crippen LogP contribution in [0.1, 0.15) is 154 Å². The van der Waals surface area contributed by atoms with Crippen molar-refractivity contribution in [3.05, 3.63) is 54.1 Å². The molecule has 1 heterocycles. The topological polar surface area (TPSA) is 8.81 Å². The first-order valence-corrected chi connectivity index (χ1v) is 15.8. The van der Waals surface area contributed by atoms with E-state index in [0.717, 1.165) is 13.0 Å². The quantitative estimate of drug-likeness (QED) is 0.107. The molecule has 2 rings (SSSR count). The van der Waals surface area contributed by atoms with Crippen molar-refractivity contribution in [1.29, 1.82) is 0 Å². The average Bonchev–Trinajstić information content (AvgIpc) is 3.29. The monoisotopic (exact) mass is 495 g/mol. The number of imidazole rings is 1. The second-order valence-corrected chi connectivity index (χ2v) is 11.4. The van der Waals surface area contributed by atoms with E-state index in [1.807, 2.05) is 0 Å². The van der Waals surface area contributed by atoms with E-state index in [2.05, 4.69) is 72.6 Å². The van der Waals surface area contributed by atoms with Gasteiger partial charge in [0.1, 0.15) is 12.4 Å². The molecular formula is C34H59N2+. The number of nitrogens with zero attached hydrogens (tertiary/aromatic N) is 2. The van der Waals surface area contributed by atoms with E-state index in [9.17, 15) is 0 Å². The van der Waals surface area contributed by atoms with Crippen LogP contribution in [0.3, 0.4) is 0 Å². The summed E-state index contributed by atoms with van der Waals surface area (Å²) in [6, 6.07) is 10.9. The predicted molar refractivity (Wildman–Crippen MR) is 158 cm³/mol. The molecule has 0 aliphatic rings. The lowest BCUT2D eigenvalue weighted by molar-refractivity contribution is -0.705. The fourth-order valence-corrected chi connectivity index (χ4v) is 5.63. The molecule has 2 aromatic rings. The zero-order valence-electron chi connectivity index (χ0n) is 24.4. The van der Waals surface area contributed by atoms with Crippen LogP contribution >= 0.6 is 0 Å². The van der Waals surface area contributed by atoms with Crippen molar-refractivity contribution in [2.24, 2.45) is 0 Å². The van der Waals surface area contributed by atoms with Crippen LogP contribution < -0.4 is 4.57 Å². The number of aromatic nitrogens is 2. The van der Waals surface area contributed by atoms with Crippen LogP contribution in [0.15, 0.2) is 42.7 Å². The van der Waals surface area contributed by atoms with Gasteiger partial charge in [-0.3, -0.25) is 0 Å². The number of aryl methyl sites for hydroxylation is 3. The van der Waals surface area contributed by atoms with Crippen molar-refractivity contribution >= 4 is 0 Å². The van der Waals surface area contributed by atoms with Gasteiger partial charge >= 0.3 is 0 Å². The first-order valence-electron chi connectivity index (χ1n) is 15.8. The molecule has 2 nitrogen and oxygen atoms in total. The molecule has 204 valence electrons. The fourth-order valence-electron chi connectivity index (χ4n) is 5.63. The summed E-state index contributed by atoms with van der Waals surface area (Å²) >= 11 is 0. The van der Waals surface area contributed by atoms with Crippen LogP contribution in [0.2, 0.25) is 0 Å². The van der Waals surface area contributed by atoms with E-state index in [1.165, 1.54) is 134 Å². The van der Waals surface area contributed by atoms with Crippen molar-refractivity contribution in [3.8, 4) is 0 Å². The van der Waals surface area contributed by atoms with E-state index >= 15 is 0 Å². The standard InChI is InChI=1S/C34H59N2/c1-4-5-6-7-8-9-10-11-12-13-14-15-16-17-18-19-23-28-35-30-31-36(34(35)32(2)3)29-24-27-33-25-21-20-22-26-33/h20-22,25-26,30-32H,4-19,23-24,27-29H2,1-3H3/q+1. The van der Waals surface area contributed by atoms with Gasteiger partial charge in [0.15, 0.2) is 0 Å². The average molecular weight is 496 g/mol. The second-order valence-electron chi connectivity index (χ2n) is 11.4. The molecule has 0 aliphatic heterocycles. The highest BCUT2D eigenvalue weighted by molar-refractivity contribution is 5.14. The van der Waals surface area contributed by atoms with Gasteiger partial charge in [-0.25, -0.2) is 9.13 Å². The molecule has 2 heteroatoms. The lowest BCUT2D eigenvalue weighted by Crippen LogP contribution is -2.38. The van der Waals surface area contributed by atoms with Crippen LogP contribution in [0.5, 0.6) is 0 Å². The van der Waals surface area contributed by atoms with Gasteiger partial charge in [0.25, 0.3) is 5.82 Å². The molecule has 0 N–H and O–H groups in total. The molecule has 0 fully saturated rings. The Morgan fingerprint density at radius 1 is 0.639 bits per heavy atom. The zero-order valence-corrected chi connectivity index (χ0v) is 24.4. The maximum Gasteiger partial charge on any atom is 0.258 e. The third-order valence-corrected chi connectivity index (χ3v) is 7.74. The Kier molecular flexibility index (Phi) is 17.4. The summed E-state index contributed by atoms with van der Waals surface area (Å²) in [6.45, 7) is 9.28. The van der Waals surface area contributed by atoms with Gasteiger partial charge in [0, 0.05) is 0 Å². The lowest BCUT2D eigenvalue weighted by atomic mass is 10.0. The highest BCUT2D eigenvalue weighted by atomic mass is 15.1. The molecule has 0 atom stereocenters. The Hall–Kier alpha value is -1.57. The molecule has 1 aromatic carbocycles. The summed E-state index contributed by atoms with van der Waals surface area (Å²) in [5.74, 6) is 2.07. The first kappa shape index (κ1) is 30.7. The Balaban J connectivity index is 1.46. The normalized spacial score (nSPS) is 11.6. The van der Waals surface area contributed by atoms with Crippen molar-refractivity contribution in [3.63, 3.8) is 0 Å². The summed E-state index contributed by atoms with van der Waals surface area (Å²) in [7, 11) is 0. The third-order valence-electron chi connectivity index (χ3n) is 7.74. The second kappa shape index (κ2) is 20.5. The maximum atomic E-state index is 2.53. The minimum atomic E-state index is 0.572. The van der Waals surface area contributed by atoms with Gasteiger partial charge in [-0.15, -0.1) is 0 Å². The van der Waals surface area contributed by atoms with Gasteiger partial charge in [0.05, 0.1) is 19.0 Å². The van der Waals surface area contributed by atoms with Gasteiger partial charge in [-0.05, 0) is 31.2 Å². The third kappa shape index (κ3) is 13.7. The van der Waals surface area contributed by atoms with Crippen molar-refractivity contribution in [1.82, 2.24) is 4.57 Å². The van der Waals surface area contributed by atoms with Crippen LogP contribution in [-0.4, -0.2) is 4.57 Å². The predicted octanol–water partition coefficient (Wildman–Crippen LogP) is 10.2. The SMILES string of the molecule is CCCCCCCCCCCCCCCCCCCn1cc[n+](CCCc2ccccc2)c1C(C)C. The van der Waals surface area contributed by atoms with Crippen LogP contribution in [0.4, 0.5) is 0 Å². The minimum absolute atomic E-state index is 0.572. The minimum Gasteiger partial charge on any atom is -0.234 e. The summed E-state index contributed by atoms with van der Waals surface area (Å²) in [6.07, 6.45) is 31.4. The summed E-state index contributed by atoms with van der Waals surface area (Å²) in [4.78, 5) is 0. The van der Waals surface area contributed by atoms with E-state index in [0.29, 0.717) is 5.92 Å². The lowest BCUT2D eigenvalue weighted by Gasteiger charge is -2.08. The number of hydrogen-bond donors (Lipinski definition) is 0. The van der Waals surface area contributed by atoms with Crippen molar-refractivity contribution in [2.75, 3.05) is 0 Å². The Bertz CT molecular complexity index is 746. The number of benzene rings is 1. The maximum absolute atomic E-state index is 2.53. The van der Waals surface area contributed by atoms with Crippen LogP contribution in [0.25, 0.3) is 0 Å². The summed E-state index contributed by atoms with van der Waals surface area (Å²) < 4.78 is 5.03. The molecule has 0 amide bonds. The van der Waals surface area contributed by atoms with Crippen molar-refractivity contribution in [2.45, 2.75) is 162 Å². The number of rotatable bonds is 23. The molecule has 0 aliphatic carbocycles. The number of hydrogen-bond acceptors (Lipinski definition) is 0. The molecule has 0 radical (unpaired) electrons.